The SMILES string of the molecule is COc1ccc(C(OC[C@H]2O[C@@H](n3cnc4c(N)ncnc43)[C@@H]3OP(Oc4ccc([N+](=O)[O-])cc4)O[C@@H]32)(c2ccccc2)c2ccc(OC)cc2)cc1. The average molecular weight is 737 g/mol. The van der Waals surface area contributed by atoms with Gasteiger partial charge in [-0.05, 0) is 53.1 Å². The lowest BCUT2D eigenvalue weighted by Gasteiger charge is -2.37. The maximum absolute atomic E-state index is 11.2. The Hall–Kier alpha value is -5.70. The third kappa shape index (κ3) is 6.38. The maximum Gasteiger partial charge on any atom is 0.398 e. The second-order valence-corrected chi connectivity index (χ2v) is 13.2. The number of imidazole rings is 1. The molecule has 16 heteroatoms. The van der Waals surface area contributed by atoms with Crippen LogP contribution < -0.4 is 19.7 Å². The largest absolute Gasteiger partial charge is 0.497 e. The number of nitro benzene ring substituents is 1. The summed E-state index contributed by atoms with van der Waals surface area (Å²) in [6.07, 6.45) is 0.126. The number of methoxy groups -OCH3 is 2. The van der Waals surface area contributed by atoms with E-state index in [2.05, 4.69) is 15.0 Å². The number of benzene rings is 4. The predicted octanol–water partition coefficient (Wildman–Crippen LogP) is 6.33. The zero-order valence-electron chi connectivity index (χ0n) is 28.4. The number of hydrogen-bond acceptors (Lipinski definition) is 13. The minimum absolute atomic E-state index is 0.0401. The van der Waals surface area contributed by atoms with E-state index in [9.17, 15) is 10.1 Å². The fourth-order valence-corrected chi connectivity index (χ4v) is 7.93. The van der Waals surface area contributed by atoms with Crippen molar-refractivity contribution in [2.24, 2.45) is 0 Å². The molecule has 270 valence electrons. The van der Waals surface area contributed by atoms with Crippen LogP contribution in [0.4, 0.5) is 11.5 Å². The van der Waals surface area contributed by atoms with Gasteiger partial charge in [-0.25, -0.2) is 15.0 Å². The van der Waals surface area contributed by atoms with Gasteiger partial charge in [0.05, 0.1) is 32.1 Å². The first-order chi connectivity index (χ1) is 25.9. The standard InChI is InChI=1S/C37H33N6O9P/c1-46-27-14-8-24(9-15-27)37(23-6-4-3-5-7-23,25-10-16-28(47-2)17-11-25)48-20-30-32-33(36(49-30)42-22-41-31-34(38)39-21-40-35(31)42)52-53(51-32)50-29-18-12-26(13-19-29)43(44)45/h3-19,21-22,30,32-33,36H,20H2,1-2H3,(H2,38,39,40)/t30-,32-,33-,36-,53?/m1/s1. The van der Waals surface area contributed by atoms with E-state index in [1.165, 1.54) is 30.6 Å². The fraction of sp³-hybridized carbons (Fsp3) is 0.216. The molecule has 2 aromatic heterocycles. The Balaban J connectivity index is 1.17. The second-order valence-electron chi connectivity index (χ2n) is 12.2. The van der Waals surface area contributed by atoms with Gasteiger partial charge in [0, 0.05) is 12.1 Å². The summed E-state index contributed by atoms with van der Waals surface area (Å²) < 4.78 is 45.5. The predicted molar refractivity (Wildman–Crippen MR) is 192 cm³/mol. The van der Waals surface area contributed by atoms with E-state index in [-0.39, 0.29) is 18.1 Å². The van der Waals surface area contributed by atoms with Gasteiger partial charge in [0.2, 0.25) is 0 Å². The molecule has 5 atom stereocenters. The van der Waals surface area contributed by atoms with Crippen molar-refractivity contribution >= 4 is 31.3 Å². The van der Waals surface area contributed by atoms with Crippen molar-refractivity contribution in [1.82, 2.24) is 19.5 Å². The van der Waals surface area contributed by atoms with Gasteiger partial charge in [-0.3, -0.25) is 23.7 Å². The van der Waals surface area contributed by atoms with Crippen LogP contribution in [0.3, 0.4) is 0 Å². The molecule has 0 aliphatic carbocycles. The summed E-state index contributed by atoms with van der Waals surface area (Å²) in [6, 6.07) is 31.1. The van der Waals surface area contributed by atoms with Crippen molar-refractivity contribution < 1.29 is 37.4 Å². The van der Waals surface area contributed by atoms with Crippen LogP contribution in [-0.2, 0) is 24.1 Å². The molecule has 0 amide bonds. The summed E-state index contributed by atoms with van der Waals surface area (Å²) in [6.45, 7) is 0.0401. The smallest absolute Gasteiger partial charge is 0.398 e. The van der Waals surface area contributed by atoms with Crippen LogP contribution in [0.5, 0.6) is 17.2 Å². The molecular weight excluding hydrogens is 703 g/mol. The molecule has 4 aromatic carbocycles. The van der Waals surface area contributed by atoms with Crippen molar-refractivity contribution in [3.8, 4) is 17.2 Å². The van der Waals surface area contributed by atoms with E-state index >= 15 is 0 Å². The lowest BCUT2D eigenvalue weighted by molar-refractivity contribution is -0.384. The summed E-state index contributed by atoms with van der Waals surface area (Å²) >= 11 is 0. The number of non-ortho nitro benzene ring substituents is 1. The Kier molecular flexibility index (Phi) is 9.33. The van der Waals surface area contributed by atoms with Crippen LogP contribution in [-0.4, -0.2) is 63.6 Å². The molecule has 0 saturated carbocycles. The Labute approximate surface area is 304 Å². The number of fused-ring (bicyclic) bond motifs is 2. The van der Waals surface area contributed by atoms with Gasteiger partial charge in [0.25, 0.3) is 5.69 Å². The van der Waals surface area contributed by atoms with Gasteiger partial charge in [-0.15, -0.1) is 0 Å². The first kappa shape index (κ1) is 34.4. The Morgan fingerprint density at radius 2 is 1.42 bits per heavy atom. The van der Waals surface area contributed by atoms with Crippen LogP contribution in [0.15, 0.2) is 116 Å². The molecule has 1 unspecified atom stereocenters. The third-order valence-electron chi connectivity index (χ3n) is 9.23. The van der Waals surface area contributed by atoms with Crippen molar-refractivity contribution in [3.63, 3.8) is 0 Å². The lowest BCUT2D eigenvalue weighted by atomic mass is 9.80. The van der Waals surface area contributed by atoms with Gasteiger partial charge in [0.15, 0.2) is 17.7 Å². The number of aromatic nitrogens is 4. The number of nitro groups is 1. The minimum Gasteiger partial charge on any atom is -0.497 e. The highest BCUT2D eigenvalue weighted by Gasteiger charge is 2.56. The molecule has 53 heavy (non-hydrogen) atoms. The second kappa shape index (κ2) is 14.4. The van der Waals surface area contributed by atoms with Crippen molar-refractivity contribution in [2.45, 2.75) is 30.1 Å². The lowest BCUT2D eigenvalue weighted by Crippen LogP contribution is -2.39. The van der Waals surface area contributed by atoms with E-state index in [0.717, 1.165) is 16.7 Å². The molecule has 0 radical (unpaired) electrons. The molecule has 2 aliphatic heterocycles. The Morgan fingerprint density at radius 1 is 0.811 bits per heavy atom. The maximum atomic E-state index is 11.2. The van der Waals surface area contributed by atoms with Gasteiger partial charge in [0.1, 0.15) is 53.0 Å². The highest BCUT2D eigenvalue weighted by molar-refractivity contribution is 7.42. The average Bonchev–Trinajstić information content (AvgIpc) is 3.91. The molecule has 15 nitrogen and oxygen atoms in total. The molecule has 2 fully saturated rings. The van der Waals surface area contributed by atoms with Crippen LogP contribution in [0, 0.1) is 10.1 Å². The molecule has 2 aliphatic rings. The number of nitrogen functional groups attached to an aromatic ring is 1. The molecule has 0 bridgehead atoms. The van der Waals surface area contributed by atoms with Gasteiger partial charge in [-0.2, -0.15) is 0 Å². The number of nitrogens with zero attached hydrogens (tertiary/aromatic N) is 5. The molecule has 2 N–H and O–H groups in total. The number of anilines is 1. The molecule has 2 saturated heterocycles. The number of rotatable bonds is 12. The molecule has 8 rings (SSSR count). The van der Waals surface area contributed by atoms with Gasteiger partial charge in [-0.1, -0.05) is 54.6 Å². The Bertz CT molecular complexity index is 2160. The highest BCUT2D eigenvalue weighted by Crippen LogP contribution is 2.56. The van der Waals surface area contributed by atoms with Crippen molar-refractivity contribution in [2.75, 3.05) is 26.6 Å². The number of nitrogens with two attached hydrogens (primary N) is 1. The first-order valence-corrected chi connectivity index (χ1v) is 17.6. The van der Waals surface area contributed by atoms with Crippen LogP contribution >= 0.6 is 8.60 Å². The highest BCUT2D eigenvalue weighted by atomic mass is 31.2. The summed E-state index contributed by atoms with van der Waals surface area (Å²) in [7, 11) is 1.28. The van der Waals surface area contributed by atoms with E-state index in [1.807, 2.05) is 78.9 Å². The van der Waals surface area contributed by atoms with Crippen LogP contribution in [0.1, 0.15) is 22.9 Å². The normalized spacial score (nSPS) is 21.0. The van der Waals surface area contributed by atoms with Crippen molar-refractivity contribution in [1.29, 1.82) is 0 Å². The fourth-order valence-electron chi connectivity index (χ4n) is 6.62. The topological polar surface area (TPSA) is 177 Å². The van der Waals surface area contributed by atoms with E-state index in [0.29, 0.717) is 28.4 Å². The first-order valence-electron chi connectivity index (χ1n) is 16.5. The minimum atomic E-state index is -1.96. The zero-order valence-corrected chi connectivity index (χ0v) is 29.3. The summed E-state index contributed by atoms with van der Waals surface area (Å²) in [4.78, 5) is 23.7. The van der Waals surface area contributed by atoms with Gasteiger partial charge < -0.3 is 29.2 Å². The molecule has 6 aromatic rings. The molecule has 0 spiro atoms. The van der Waals surface area contributed by atoms with Crippen LogP contribution in [0.2, 0.25) is 0 Å². The Morgan fingerprint density at radius 3 is 2.04 bits per heavy atom. The van der Waals surface area contributed by atoms with E-state index in [1.54, 1.807) is 25.1 Å². The molecule has 4 heterocycles. The van der Waals surface area contributed by atoms with E-state index in [4.69, 9.17) is 38.3 Å². The number of hydrogen-bond donors (Lipinski definition) is 1. The zero-order chi connectivity index (χ0) is 36.5. The quantitative estimate of drug-likeness (QED) is 0.0639. The summed E-state index contributed by atoms with van der Waals surface area (Å²) in [5, 5.41) is 11.2. The summed E-state index contributed by atoms with van der Waals surface area (Å²) in [5.41, 5.74) is 8.37. The molecular formula is C37H33N6O9P. The number of ether oxygens (including phenoxy) is 4. The summed E-state index contributed by atoms with van der Waals surface area (Å²) in [5.74, 6) is 1.97. The van der Waals surface area contributed by atoms with Gasteiger partial charge >= 0.3 is 8.60 Å². The monoisotopic (exact) mass is 736 g/mol. The van der Waals surface area contributed by atoms with Crippen molar-refractivity contribution in [3.05, 3.63) is 143 Å². The van der Waals surface area contributed by atoms with Crippen LogP contribution in [0.25, 0.3) is 11.2 Å². The van der Waals surface area contributed by atoms with E-state index < -0.39 is 43.7 Å². The third-order valence-corrected chi connectivity index (χ3v) is 10.4.